The SMILES string of the molecule is CC(NC(=O)CC1CC2CCC(C1)N2)c1nc2ccccc2n1C(C)C. The van der Waals surface area contributed by atoms with E-state index in [1.807, 2.05) is 25.1 Å². The van der Waals surface area contributed by atoms with Crippen molar-refractivity contribution in [2.75, 3.05) is 0 Å². The van der Waals surface area contributed by atoms with Crippen LogP contribution < -0.4 is 10.6 Å². The maximum absolute atomic E-state index is 12.7. The minimum absolute atomic E-state index is 0.0873. The number of benzene rings is 1. The topological polar surface area (TPSA) is 59.0 Å². The summed E-state index contributed by atoms with van der Waals surface area (Å²) in [5, 5.41) is 6.86. The lowest BCUT2D eigenvalue weighted by Gasteiger charge is -2.29. The number of para-hydroxylation sites is 2. The van der Waals surface area contributed by atoms with Gasteiger partial charge in [0.1, 0.15) is 5.82 Å². The summed E-state index contributed by atoms with van der Waals surface area (Å²) in [7, 11) is 0. The van der Waals surface area contributed by atoms with Crippen molar-refractivity contribution in [2.24, 2.45) is 5.92 Å². The Hall–Kier alpha value is -1.88. The number of hydrogen-bond acceptors (Lipinski definition) is 3. The second-order valence-electron chi connectivity index (χ2n) is 8.39. The molecule has 4 rings (SSSR count). The average Bonchev–Trinajstić information content (AvgIpc) is 3.14. The fraction of sp³-hybridized carbons (Fsp3) is 0.619. The van der Waals surface area contributed by atoms with Crippen molar-refractivity contribution >= 4 is 16.9 Å². The van der Waals surface area contributed by atoms with Gasteiger partial charge in [0.15, 0.2) is 0 Å². The first-order chi connectivity index (χ1) is 12.5. The summed E-state index contributed by atoms with van der Waals surface area (Å²) in [6, 6.07) is 9.68. The lowest BCUT2D eigenvalue weighted by atomic mass is 9.89. The third-order valence-electron chi connectivity index (χ3n) is 5.95. The van der Waals surface area contributed by atoms with Gasteiger partial charge in [-0.25, -0.2) is 4.98 Å². The van der Waals surface area contributed by atoms with Crippen LogP contribution in [0.3, 0.4) is 0 Å². The quantitative estimate of drug-likeness (QED) is 0.860. The molecular weight excluding hydrogens is 324 g/mol. The first-order valence-electron chi connectivity index (χ1n) is 10.0. The second kappa shape index (κ2) is 7.03. The number of fused-ring (bicyclic) bond motifs is 3. The minimum Gasteiger partial charge on any atom is -0.346 e. The number of nitrogens with zero attached hydrogens (tertiary/aromatic N) is 2. The van der Waals surface area contributed by atoms with E-state index in [1.54, 1.807) is 0 Å². The van der Waals surface area contributed by atoms with Gasteiger partial charge in [-0.3, -0.25) is 4.79 Å². The summed E-state index contributed by atoms with van der Waals surface area (Å²) >= 11 is 0. The van der Waals surface area contributed by atoms with Gasteiger partial charge >= 0.3 is 0 Å². The fourth-order valence-electron chi connectivity index (χ4n) is 4.88. The highest BCUT2D eigenvalue weighted by Gasteiger charge is 2.34. The van der Waals surface area contributed by atoms with E-state index in [9.17, 15) is 4.79 Å². The number of amides is 1. The van der Waals surface area contributed by atoms with E-state index in [-0.39, 0.29) is 11.9 Å². The first-order valence-corrected chi connectivity index (χ1v) is 10.0. The van der Waals surface area contributed by atoms with Crippen LogP contribution in [0.5, 0.6) is 0 Å². The molecule has 3 atom stereocenters. The number of carbonyl (C=O) groups is 1. The highest BCUT2D eigenvalue weighted by Crippen LogP contribution is 2.33. The summed E-state index contributed by atoms with van der Waals surface area (Å²) in [6.07, 6.45) is 5.47. The normalized spacial score (nSPS) is 26.4. The van der Waals surface area contributed by atoms with Gasteiger partial charge in [-0.05, 0) is 64.5 Å². The maximum atomic E-state index is 12.7. The van der Waals surface area contributed by atoms with Crippen LogP contribution in [0, 0.1) is 5.92 Å². The molecule has 5 heteroatoms. The van der Waals surface area contributed by atoms with Gasteiger partial charge in [0.25, 0.3) is 0 Å². The largest absolute Gasteiger partial charge is 0.346 e. The first kappa shape index (κ1) is 17.5. The Balaban J connectivity index is 1.46. The van der Waals surface area contributed by atoms with Crippen molar-refractivity contribution in [3.05, 3.63) is 30.1 Å². The van der Waals surface area contributed by atoms with Crippen LogP contribution in [-0.2, 0) is 4.79 Å². The van der Waals surface area contributed by atoms with E-state index < -0.39 is 0 Å². The van der Waals surface area contributed by atoms with Crippen molar-refractivity contribution in [3.63, 3.8) is 0 Å². The summed E-state index contributed by atoms with van der Waals surface area (Å²) in [6.45, 7) is 6.37. The highest BCUT2D eigenvalue weighted by atomic mass is 16.1. The molecule has 2 aromatic rings. The zero-order valence-corrected chi connectivity index (χ0v) is 16.0. The molecule has 2 N–H and O–H groups in total. The van der Waals surface area contributed by atoms with Crippen LogP contribution >= 0.6 is 0 Å². The van der Waals surface area contributed by atoms with Gasteiger partial charge in [-0.15, -0.1) is 0 Å². The molecule has 26 heavy (non-hydrogen) atoms. The summed E-state index contributed by atoms with van der Waals surface area (Å²) in [5.74, 6) is 1.62. The molecule has 1 amide bonds. The Bertz CT molecular complexity index is 784. The number of rotatable bonds is 5. The molecule has 2 fully saturated rings. The Morgan fingerprint density at radius 3 is 2.62 bits per heavy atom. The number of carbonyl (C=O) groups excluding carboxylic acids is 1. The lowest BCUT2D eigenvalue weighted by Crippen LogP contribution is -2.40. The zero-order chi connectivity index (χ0) is 18.3. The van der Waals surface area contributed by atoms with E-state index in [0.717, 1.165) is 29.7 Å². The van der Waals surface area contributed by atoms with Gasteiger partial charge in [-0.2, -0.15) is 0 Å². The summed E-state index contributed by atoms with van der Waals surface area (Å²) in [4.78, 5) is 17.5. The number of nitrogens with one attached hydrogen (secondary N) is 2. The van der Waals surface area contributed by atoms with E-state index in [0.29, 0.717) is 30.5 Å². The maximum Gasteiger partial charge on any atom is 0.220 e. The molecule has 2 bridgehead atoms. The molecule has 1 aromatic carbocycles. The van der Waals surface area contributed by atoms with Crippen LogP contribution in [-0.4, -0.2) is 27.5 Å². The van der Waals surface area contributed by atoms with Crippen LogP contribution in [0.15, 0.2) is 24.3 Å². The molecule has 2 saturated heterocycles. The predicted octanol–water partition coefficient (Wildman–Crippen LogP) is 3.72. The van der Waals surface area contributed by atoms with E-state index in [1.165, 1.54) is 12.8 Å². The molecule has 3 unspecified atom stereocenters. The van der Waals surface area contributed by atoms with Crippen LogP contribution in [0.4, 0.5) is 0 Å². The fourth-order valence-corrected chi connectivity index (χ4v) is 4.88. The molecule has 0 saturated carbocycles. The van der Waals surface area contributed by atoms with Gasteiger partial charge in [-0.1, -0.05) is 12.1 Å². The molecule has 2 aliphatic heterocycles. The van der Waals surface area contributed by atoms with Crippen molar-refractivity contribution in [2.45, 2.75) is 77.0 Å². The Morgan fingerprint density at radius 2 is 1.92 bits per heavy atom. The molecule has 0 radical (unpaired) electrons. The second-order valence-corrected chi connectivity index (χ2v) is 8.39. The molecule has 0 aliphatic carbocycles. The minimum atomic E-state index is -0.0873. The molecular formula is C21H30N4O. The Morgan fingerprint density at radius 1 is 1.23 bits per heavy atom. The predicted molar refractivity (Wildman–Crippen MR) is 104 cm³/mol. The van der Waals surface area contributed by atoms with Crippen molar-refractivity contribution in [3.8, 4) is 0 Å². The van der Waals surface area contributed by atoms with Gasteiger partial charge in [0, 0.05) is 24.5 Å². The lowest BCUT2D eigenvalue weighted by molar-refractivity contribution is -0.123. The molecule has 1 aromatic heterocycles. The third-order valence-corrected chi connectivity index (χ3v) is 5.95. The van der Waals surface area contributed by atoms with Crippen LogP contribution in [0.2, 0.25) is 0 Å². The summed E-state index contributed by atoms with van der Waals surface area (Å²) in [5.41, 5.74) is 2.13. The zero-order valence-electron chi connectivity index (χ0n) is 16.0. The van der Waals surface area contributed by atoms with Crippen molar-refractivity contribution < 1.29 is 4.79 Å². The standard InChI is InChI=1S/C21H30N4O/c1-13(2)25-19-7-5-4-6-18(19)24-21(25)14(3)22-20(26)12-15-10-16-8-9-17(11-15)23-16/h4-7,13-17,23H,8-12H2,1-3H3,(H,22,26). The molecule has 5 nitrogen and oxygen atoms in total. The number of imidazole rings is 1. The average molecular weight is 354 g/mol. The third kappa shape index (κ3) is 3.37. The molecule has 3 heterocycles. The highest BCUT2D eigenvalue weighted by molar-refractivity contribution is 5.78. The van der Waals surface area contributed by atoms with E-state index >= 15 is 0 Å². The smallest absolute Gasteiger partial charge is 0.220 e. The van der Waals surface area contributed by atoms with Gasteiger partial charge in [0.05, 0.1) is 17.1 Å². The molecule has 2 aliphatic rings. The molecule has 140 valence electrons. The van der Waals surface area contributed by atoms with Crippen LogP contribution in [0.25, 0.3) is 11.0 Å². The van der Waals surface area contributed by atoms with E-state index in [4.69, 9.17) is 4.98 Å². The van der Waals surface area contributed by atoms with Crippen molar-refractivity contribution in [1.29, 1.82) is 0 Å². The van der Waals surface area contributed by atoms with Gasteiger partial charge < -0.3 is 15.2 Å². The monoisotopic (exact) mass is 354 g/mol. The molecule has 0 spiro atoms. The van der Waals surface area contributed by atoms with Gasteiger partial charge in [0.2, 0.25) is 5.91 Å². The Kier molecular flexibility index (Phi) is 4.74. The Labute approximate surface area is 155 Å². The number of aromatic nitrogens is 2. The number of piperidine rings is 1. The van der Waals surface area contributed by atoms with E-state index in [2.05, 4.69) is 35.1 Å². The number of hydrogen-bond donors (Lipinski definition) is 2. The van der Waals surface area contributed by atoms with Crippen LogP contribution in [0.1, 0.15) is 70.8 Å². The van der Waals surface area contributed by atoms with Crippen molar-refractivity contribution in [1.82, 2.24) is 20.2 Å². The summed E-state index contributed by atoms with van der Waals surface area (Å²) < 4.78 is 2.24.